The minimum absolute atomic E-state index is 1.02. The van der Waals surface area contributed by atoms with Crippen LogP contribution in [0.15, 0.2) is 73.7 Å². The summed E-state index contributed by atoms with van der Waals surface area (Å²) in [7, 11) is 0. The normalized spacial score (nSPS) is 10.6. The molecule has 2 aromatic carbocycles. The van der Waals surface area contributed by atoms with Gasteiger partial charge in [-0.25, -0.2) is 4.98 Å². The van der Waals surface area contributed by atoms with E-state index in [1.165, 1.54) is 4.90 Å². The van der Waals surface area contributed by atoms with Crippen molar-refractivity contribution in [2.45, 2.75) is 9.24 Å². The maximum Gasteiger partial charge on any atom is 0.156 e. The molecule has 0 atom stereocenters. The van der Waals surface area contributed by atoms with Gasteiger partial charge in [0.25, 0.3) is 0 Å². The Morgan fingerprint density at radius 1 is 0.895 bits per heavy atom. The monoisotopic (exact) mass is 347 g/mol. The van der Waals surface area contributed by atoms with Gasteiger partial charge in [-0.05, 0) is 28.1 Å². The van der Waals surface area contributed by atoms with Crippen LogP contribution in [-0.4, -0.2) is 4.98 Å². The van der Waals surface area contributed by atoms with Crippen molar-refractivity contribution in [1.29, 1.82) is 0 Å². The third-order valence-corrected chi connectivity index (χ3v) is 5.34. The lowest BCUT2D eigenvalue weighted by molar-refractivity contribution is 1.24. The van der Waals surface area contributed by atoms with Crippen molar-refractivity contribution in [1.82, 2.24) is 4.98 Å². The molecule has 3 aromatic rings. The van der Waals surface area contributed by atoms with Crippen molar-refractivity contribution < 1.29 is 0 Å². The summed E-state index contributed by atoms with van der Waals surface area (Å²) in [6.45, 7) is 0. The predicted octanol–water partition coefficient (Wildman–Crippen LogP) is 5.72. The Morgan fingerprint density at radius 2 is 1.53 bits per heavy atom. The number of hydrogen-bond acceptors (Lipinski definition) is 3. The molecule has 0 fully saturated rings. The molecule has 0 aliphatic carbocycles. The van der Waals surface area contributed by atoms with E-state index in [1.807, 2.05) is 36.4 Å². The van der Waals surface area contributed by atoms with Gasteiger partial charge in [-0.2, -0.15) is 0 Å². The Balaban J connectivity index is 1.90. The number of nitrogens with zero attached hydrogens (tertiary/aromatic N) is 1. The number of thiazole rings is 1. The van der Waals surface area contributed by atoms with Crippen molar-refractivity contribution in [2.75, 3.05) is 0 Å². The van der Waals surface area contributed by atoms with Crippen LogP contribution in [0.5, 0.6) is 0 Å². The second-order valence-corrected chi connectivity index (χ2v) is 7.52. The first-order valence-corrected chi connectivity index (χ1v) is 8.20. The minimum Gasteiger partial charge on any atom is -0.228 e. The van der Waals surface area contributed by atoms with E-state index in [9.17, 15) is 0 Å². The molecule has 94 valence electrons. The van der Waals surface area contributed by atoms with E-state index in [1.54, 1.807) is 23.1 Å². The largest absolute Gasteiger partial charge is 0.228 e. The molecule has 0 bridgehead atoms. The highest BCUT2D eigenvalue weighted by molar-refractivity contribution is 9.11. The van der Waals surface area contributed by atoms with Gasteiger partial charge in [0.2, 0.25) is 0 Å². The van der Waals surface area contributed by atoms with Gasteiger partial charge in [-0.1, -0.05) is 71.6 Å². The standard InChI is InChI=1S/C15H10BrNS2/c16-14-13(11-7-3-1-4-8-11)17-15(19-14)18-12-9-5-2-6-10-12/h1-10H. The van der Waals surface area contributed by atoms with Gasteiger partial charge >= 0.3 is 0 Å². The quantitative estimate of drug-likeness (QED) is 0.600. The Labute approximate surface area is 128 Å². The molecule has 0 saturated carbocycles. The van der Waals surface area contributed by atoms with Gasteiger partial charge in [-0.15, -0.1) is 0 Å². The molecule has 3 rings (SSSR count). The Bertz CT molecular complexity index is 665. The zero-order valence-corrected chi connectivity index (χ0v) is 13.1. The second-order valence-electron chi connectivity index (χ2n) is 3.88. The number of aromatic nitrogens is 1. The molecule has 0 aliphatic rings. The Morgan fingerprint density at radius 3 is 2.21 bits per heavy atom. The van der Waals surface area contributed by atoms with Gasteiger partial charge in [0.1, 0.15) is 0 Å². The summed E-state index contributed by atoms with van der Waals surface area (Å²) in [5, 5.41) is 0. The lowest BCUT2D eigenvalue weighted by Gasteiger charge is -1.97. The first kappa shape index (κ1) is 12.9. The summed E-state index contributed by atoms with van der Waals surface area (Å²) in [6, 6.07) is 20.6. The molecule has 0 radical (unpaired) electrons. The van der Waals surface area contributed by atoms with Crippen LogP contribution in [-0.2, 0) is 0 Å². The molecule has 0 aliphatic heterocycles. The van der Waals surface area contributed by atoms with Gasteiger partial charge in [0.15, 0.2) is 4.34 Å². The van der Waals surface area contributed by atoms with E-state index in [2.05, 4.69) is 40.2 Å². The third kappa shape index (κ3) is 3.08. The van der Waals surface area contributed by atoms with Crippen LogP contribution in [0.1, 0.15) is 0 Å². The zero-order valence-electron chi connectivity index (χ0n) is 9.92. The van der Waals surface area contributed by atoms with E-state index in [4.69, 9.17) is 4.98 Å². The van der Waals surface area contributed by atoms with Crippen LogP contribution in [0.2, 0.25) is 0 Å². The Hall–Kier alpha value is -1.10. The van der Waals surface area contributed by atoms with Crippen LogP contribution >= 0.6 is 39.0 Å². The summed E-state index contributed by atoms with van der Waals surface area (Å²) in [5.41, 5.74) is 2.16. The van der Waals surface area contributed by atoms with Gasteiger partial charge < -0.3 is 0 Å². The fourth-order valence-electron chi connectivity index (χ4n) is 1.69. The predicted molar refractivity (Wildman–Crippen MR) is 85.8 cm³/mol. The maximum absolute atomic E-state index is 4.71. The molecule has 0 amide bonds. The van der Waals surface area contributed by atoms with Crippen molar-refractivity contribution in [3.8, 4) is 11.3 Å². The molecule has 0 spiro atoms. The maximum atomic E-state index is 4.71. The molecule has 1 heterocycles. The second kappa shape index (κ2) is 5.90. The molecule has 19 heavy (non-hydrogen) atoms. The summed E-state index contributed by atoms with van der Waals surface area (Å²) < 4.78 is 2.13. The van der Waals surface area contributed by atoms with Crippen LogP contribution in [0.3, 0.4) is 0 Å². The topological polar surface area (TPSA) is 12.9 Å². The van der Waals surface area contributed by atoms with E-state index in [0.717, 1.165) is 19.4 Å². The van der Waals surface area contributed by atoms with E-state index in [0.29, 0.717) is 0 Å². The highest BCUT2D eigenvalue weighted by Crippen LogP contribution is 2.39. The lowest BCUT2D eigenvalue weighted by Crippen LogP contribution is -1.78. The van der Waals surface area contributed by atoms with Gasteiger partial charge in [-0.3, -0.25) is 0 Å². The van der Waals surface area contributed by atoms with E-state index < -0.39 is 0 Å². The summed E-state index contributed by atoms with van der Waals surface area (Å²) in [4.78, 5) is 5.92. The van der Waals surface area contributed by atoms with E-state index >= 15 is 0 Å². The fourth-order valence-corrected chi connectivity index (χ4v) is 4.68. The number of halogens is 1. The Kier molecular flexibility index (Phi) is 4.01. The number of rotatable bonds is 3. The average Bonchev–Trinajstić information content (AvgIpc) is 2.82. The smallest absolute Gasteiger partial charge is 0.156 e. The van der Waals surface area contributed by atoms with Crippen LogP contribution in [0, 0.1) is 0 Å². The molecule has 1 aromatic heterocycles. The van der Waals surface area contributed by atoms with Crippen molar-refractivity contribution in [2.24, 2.45) is 0 Å². The molecule has 0 unspecified atom stereocenters. The summed E-state index contributed by atoms with van der Waals surface area (Å²) in [6.07, 6.45) is 0. The first-order valence-electron chi connectivity index (χ1n) is 5.77. The molecule has 0 N–H and O–H groups in total. The molecule has 4 heteroatoms. The molecule has 1 nitrogen and oxygen atoms in total. The van der Waals surface area contributed by atoms with Crippen LogP contribution in [0.4, 0.5) is 0 Å². The number of hydrogen-bond donors (Lipinski definition) is 0. The fraction of sp³-hybridized carbons (Fsp3) is 0. The van der Waals surface area contributed by atoms with Crippen molar-refractivity contribution in [3.63, 3.8) is 0 Å². The van der Waals surface area contributed by atoms with Gasteiger partial charge in [0.05, 0.1) is 9.48 Å². The SMILES string of the molecule is Brc1sc(Sc2ccccc2)nc1-c1ccccc1. The first-order chi connectivity index (χ1) is 9.33. The molecular formula is C15H10BrNS2. The lowest BCUT2D eigenvalue weighted by atomic mass is 10.2. The highest BCUT2D eigenvalue weighted by Gasteiger charge is 2.11. The van der Waals surface area contributed by atoms with E-state index in [-0.39, 0.29) is 0 Å². The van der Waals surface area contributed by atoms with Gasteiger partial charge in [0, 0.05) is 10.5 Å². The highest BCUT2D eigenvalue weighted by atomic mass is 79.9. The van der Waals surface area contributed by atoms with Crippen LogP contribution < -0.4 is 0 Å². The third-order valence-electron chi connectivity index (χ3n) is 2.56. The molecular weight excluding hydrogens is 338 g/mol. The average molecular weight is 348 g/mol. The minimum atomic E-state index is 1.02. The van der Waals surface area contributed by atoms with Crippen molar-refractivity contribution >= 4 is 39.0 Å². The molecule has 0 saturated heterocycles. The van der Waals surface area contributed by atoms with Crippen molar-refractivity contribution in [3.05, 3.63) is 64.5 Å². The zero-order chi connectivity index (χ0) is 13.1. The summed E-state index contributed by atoms with van der Waals surface area (Å²) >= 11 is 6.98. The van der Waals surface area contributed by atoms with Crippen LogP contribution in [0.25, 0.3) is 11.3 Å². The number of benzene rings is 2. The summed E-state index contributed by atoms with van der Waals surface area (Å²) in [5.74, 6) is 0.